The summed E-state index contributed by atoms with van der Waals surface area (Å²) in [5.74, 6) is -0.0981. The van der Waals surface area contributed by atoms with Crippen molar-refractivity contribution in [2.45, 2.75) is 65.1 Å². The first kappa shape index (κ1) is 23.0. The van der Waals surface area contributed by atoms with Gasteiger partial charge in [-0.1, -0.05) is 50.6 Å². The van der Waals surface area contributed by atoms with Crippen LogP contribution >= 0.6 is 0 Å². The lowest BCUT2D eigenvalue weighted by atomic mass is 9.98. The Bertz CT molecular complexity index is 584. The van der Waals surface area contributed by atoms with E-state index in [-0.39, 0.29) is 17.9 Å². The fraction of sp³-hybridized carbons (Fsp3) is 0.619. The minimum absolute atomic E-state index is 0.159. The van der Waals surface area contributed by atoms with Crippen molar-refractivity contribution in [1.82, 2.24) is 10.6 Å². The summed E-state index contributed by atoms with van der Waals surface area (Å²) in [4.78, 5) is 24.3. The molecule has 0 heterocycles. The summed E-state index contributed by atoms with van der Waals surface area (Å²) in [6, 6.07) is 9.13. The largest absolute Gasteiger partial charge is 0.468 e. The van der Waals surface area contributed by atoms with Crippen molar-refractivity contribution in [3.05, 3.63) is 35.9 Å². The number of benzene rings is 1. The first-order valence-corrected chi connectivity index (χ1v) is 9.51. The highest BCUT2D eigenvalue weighted by molar-refractivity contribution is 5.76. The molecule has 0 aromatic heterocycles. The van der Waals surface area contributed by atoms with Crippen LogP contribution in [0.25, 0.3) is 0 Å². The molecule has 0 spiro atoms. The standard InChI is InChI=1S/C21H34N2O4/c1-7-15(2)18(23-20(25)27-21(3,4)5)14-22-17(19(24)26-6)13-16-11-9-8-10-12-16/h8-12,15,17-18,22H,7,13-14H2,1-6H3,(H,23,25)/t15-,17?,18+/m0/s1. The summed E-state index contributed by atoms with van der Waals surface area (Å²) >= 11 is 0. The van der Waals surface area contributed by atoms with Crippen molar-refractivity contribution in [2.24, 2.45) is 5.92 Å². The maximum absolute atomic E-state index is 12.2. The van der Waals surface area contributed by atoms with Gasteiger partial charge in [-0.2, -0.15) is 0 Å². The molecule has 0 bridgehead atoms. The van der Waals surface area contributed by atoms with Gasteiger partial charge in [-0.3, -0.25) is 4.79 Å². The van der Waals surface area contributed by atoms with Crippen LogP contribution in [0, 0.1) is 5.92 Å². The normalized spacial score (nSPS) is 14.7. The highest BCUT2D eigenvalue weighted by atomic mass is 16.6. The van der Waals surface area contributed by atoms with Gasteiger partial charge in [-0.05, 0) is 38.7 Å². The molecule has 1 aromatic carbocycles. The summed E-state index contributed by atoms with van der Waals surface area (Å²) < 4.78 is 10.3. The van der Waals surface area contributed by atoms with Crippen molar-refractivity contribution in [3.63, 3.8) is 0 Å². The predicted molar refractivity (Wildman–Crippen MR) is 107 cm³/mol. The van der Waals surface area contributed by atoms with Crippen LogP contribution in [-0.2, 0) is 20.7 Å². The third kappa shape index (κ3) is 8.91. The zero-order valence-corrected chi connectivity index (χ0v) is 17.4. The molecule has 2 N–H and O–H groups in total. The Labute approximate surface area is 163 Å². The van der Waals surface area contributed by atoms with Crippen molar-refractivity contribution < 1.29 is 19.1 Å². The average Bonchev–Trinajstić information content (AvgIpc) is 2.61. The van der Waals surface area contributed by atoms with Gasteiger partial charge >= 0.3 is 12.1 Å². The molecule has 152 valence electrons. The van der Waals surface area contributed by atoms with E-state index in [0.29, 0.717) is 13.0 Å². The second-order valence-corrected chi connectivity index (χ2v) is 7.81. The molecule has 6 nitrogen and oxygen atoms in total. The van der Waals surface area contributed by atoms with Gasteiger partial charge in [-0.25, -0.2) is 4.79 Å². The van der Waals surface area contributed by atoms with Crippen molar-refractivity contribution in [3.8, 4) is 0 Å². The lowest BCUT2D eigenvalue weighted by Crippen LogP contribution is -2.51. The quantitative estimate of drug-likeness (QED) is 0.645. The number of hydrogen-bond donors (Lipinski definition) is 2. The summed E-state index contributed by atoms with van der Waals surface area (Å²) in [7, 11) is 1.38. The minimum atomic E-state index is -0.556. The van der Waals surface area contributed by atoms with Gasteiger partial charge < -0.3 is 20.1 Å². The molecule has 3 atom stereocenters. The molecule has 0 saturated heterocycles. The van der Waals surface area contributed by atoms with E-state index in [1.807, 2.05) is 51.1 Å². The van der Waals surface area contributed by atoms with Crippen molar-refractivity contribution in [1.29, 1.82) is 0 Å². The highest BCUT2D eigenvalue weighted by Gasteiger charge is 2.25. The molecule has 6 heteroatoms. The van der Waals surface area contributed by atoms with Gasteiger partial charge in [0.2, 0.25) is 0 Å². The van der Waals surface area contributed by atoms with Gasteiger partial charge in [-0.15, -0.1) is 0 Å². The number of nitrogens with one attached hydrogen (secondary N) is 2. The molecular weight excluding hydrogens is 344 g/mol. The molecule has 0 saturated carbocycles. The second kappa shape index (κ2) is 10.9. The Hall–Kier alpha value is -2.08. The molecule has 1 unspecified atom stereocenters. The van der Waals surface area contributed by atoms with Crippen LogP contribution in [0.5, 0.6) is 0 Å². The molecule has 0 aliphatic heterocycles. The number of carbonyl (C=O) groups excluding carboxylic acids is 2. The lowest BCUT2D eigenvalue weighted by Gasteiger charge is -2.28. The number of amides is 1. The molecule has 1 aromatic rings. The lowest BCUT2D eigenvalue weighted by molar-refractivity contribution is -0.143. The number of methoxy groups -OCH3 is 1. The Kier molecular flexibility index (Phi) is 9.29. The van der Waals surface area contributed by atoms with Crippen molar-refractivity contribution in [2.75, 3.05) is 13.7 Å². The molecule has 0 fully saturated rings. The Morgan fingerprint density at radius 3 is 2.30 bits per heavy atom. The van der Waals surface area contributed by atoms with E-state index in [1.54, 1.807) is 0 Å². The van der Waals surface area contributed by atoms with E-state index in [4.69, 9.17) is 9.47 Å². The molecular formula is C21H34N2O4. The van der Waals surface area contributed by atoms with E-state index in [1.165, 1.54) is 7.11 Å². The number of rotatable bonds is 9. The minimum Gasteiger partial charge on any atom is -0.468 e. The molecule has 0 aliphatic rings. The van der Waals surface area contributed by atoms with Gasteiger partial charge in [0, 0.05) is 12.6 Å². The Balaban J connectivity index is 2.76. The zero-order chi connectivity index (χ0) is 20.4. The molecule has 0 radical (unpaired) electrons. The molecule has 1 rings (SSSR count). The Morgan fingerprint density at radius 1 is 1.15 bits per heavy atom. The van der Waals surface area contributed by atoms with Crippen LogP contribution in [0.15, 0.2) is 30.3 Å². The van der Waals surface area contributed by atoms with Gasteiger partial charge in [0.15, 0.2) is 0 Å². The van der Waals surface area contributed by atoms with Gasteiger partial charge in [0.1, 0.15) is 11.6 Å². The number of hydrogen-bond acceptors (Lipinski definition) is 5. The van der Waals surface area contributed by atoms with Crippen LogP contribution in [0.4, 0.5) is 4.79 Å². The number of ether oxygens (including phenoxy) is 2. The molecule has 1 amide bonds. The van der Waals surface area contributed by atoms with E-state index < -0.39 is 17.7 Å². The smallest absolute Gasteiger partial charge is 0.407 e. The van der Waals surface area contributed by atoms with Gasteiger partial charge in [0.25, 0.3) is 0 Å². The summed E-state index contributed by atoms with van der Waals surface area (Å²) in [6.45, 7) is 10.1. The van der Waals surface area contributed by atoms with E-state index >= 15 is 0 Å². The fourth-order valence-corrected chi connectivity index (χ4v) is 2.64. The average molecular weight is 379 g/mol. The first-order chi connectivity index (χ1) is 12.7. The number of esters is 1. The first-order valence-electron chi connectivity index (χ1n) is 9.51. The van der Waals surface area contributed by atoms with E-state index in [2.05, 4.69) is 24.5 Å². The van der Waals surface area contributed by atoms with Crippen LogP contribution in [0.2, 0.25) is 0 Å². The summed E-state index contributed by atoms with van der Waals surface area (Å²) in [5.41, 5.74) is 0.486. The highest BCUT2D eigenvalue weighted by Crippen LogP contribution is 2.12. The van der Waals surface area contributed by atoms with Crippen molar-refractivity contribution >= 4 is 12.1 Å². The van der Waals surface area contributed by atoms with Gasteiger partial charge in [0.05, 0.1) is 7.11 Å². The molecule has 0 aliphatic carbocycles. The number of alkyl carbamates (subject to hydrolysis) is 1. The third-order valence-electron chi connectivity index (χ3n) is 4.39. The second-order valence-electron chi connectivity index (χ2n) is 7.81. The predicted octanol–water partition coefficient (Wildman–Crippen LogP) is 3.30. The summed E-state index contributed by atoms with van der Waals surface area (Å²) in [5, 5.41) is 6.18. The van der Waals surface area contributed by atoms with E-state index in [0.717, 1.165) is 12.0 Å². The van der Waals surface area contributed by atoms with Crippen LogP contribution in [0.3, 0.4) is 0 Å². The number of carbonyl (C=O) groups is 2. The maximum Gasteiger partial charge on any atom is 0.407 e. The topological polar surface area (TPSA) is 76.7 Å². The van der Waals surface area contributed by atoms with E-state index in [9.17, 15) is 9.59 Å². The fourth-order valence-electron chi connectivity index (χ4n) is 2.64. The third-order valence-corrected chi connectivity index (χ3v) is 4.39. The van der Waals surface area contributed by atoms with Crippen LogP contribution in [0.1, 0.15) is 46.6 Å². The van der Waals surface area contributed by atoms with Crippen LogP contribution < -0.4 is 10.6 Å². The SMILES string of the molecule is CC[C@H](C)[C@@H](CNC(Cc1ccccc1)C(=O)OC)NC(=O)OC(C)(C)C. The molecule has 27 heavy (non-hydrogen) atoms. The Morgan fingerprint density at radius 2 is 1.78 bits per heavy atom. The maximum atomic E-state index is 12.2. The zero-order valence-electron chi connectivity index (χ0n) is 17.4. The summed E-state index contributed by atoms with van der Waals surface area (Å²) in [6.07, 6.45) is 0.962. The van der Waals surface area contributed by atoms with Crippen LogP contribution in [-0.4, -0.2) is 43.4 Å². The monoisotopic (exact) mass is 378 g/mol.